The van der Waals surface area contributed by atoms with Crippen LogP contribution in [0, 0.1) is 5.92 Å². The summed E-state index contributed by atoms with van der Waals surface area (Å²) in [6.07, 6.45) is 4.41. The van der Waals surface area contributed by atoms with E-state index >= 15 is 0 Å². The lowest BCUT2D eigenvalue weighted by atomic mass is 9.96. The Morgan fingerprint density at radius 3 is 2.46 bits per heavy atom. The van der Waals surface area contributed by atoms with Crippen LogP contribution in [0.3, 0.4) is 0 Å². The summed E-state index contributed by atoms with van der Waals surface area (Å²) in [4.78, 5) is 4.36. The molecule has 1 rings (SSSR count). The summed E-state index contributed by atoms with van der Waals surface area (Å²) >= 11 is 0. The van der Waals surface area contributed by atoms with Crippen LogP contribution in [-0.4, -0.2) is 4.98 Å². The van der Waals surface area contributed by atoms with Gasteiger partial charge < -0.3 is 0 Å². The highest BCUT2D eigenvalue weighted by Gasteiger charge is 2.06. The van der Waals surface area contributed by atoms with E-state index in [1.54, 1.807) is 0 Å². The molecule has 1 aromatic rings. The van der Waals surface area contributed by atoms with Gasteiger partial charge >= 0.3 is 0 Å². The quantitative estimate of drug-likeness (QED) is 0.684. The smallest absolute Gasteiger partial charge is 0.0431 e. The number of hydrogen-bond donors (Lipinski definition) is 0. The van der Waals surface area contributed by atoms with Crippen LogP contribution in [0.4, 0.5) is 0 Å². The summed E-state index contributed by atoms with van der Waals surface area (Å²) in [5, 5.41) is 0. The largest absolute Gasteiger partial charge is 0.261 e. The van der Waals surface area contributed by atoms with E-state index in [4.69, 9.17) is 0 Å². The Balaban J connectivity index is 2.44. The van der Waals surface area contributed by atoms with Crippen molar-refractivity contribution in [2.45, 2.75) is 39.5 Å². The van der Waals surface area contributed by atoms with Crippen LogP contribution >= 0.6 is 0 Å². The lowest BCUT2D eigenvalue weighted by Crippen LogP contribution is -1.98. The number of nitrogens with zero attached hydrogens (tertiary/aromatic N) is 1. The van der Waals surface area contributed by atoms with Crippen molar-refractivity contribution in [3.8, 4) is 0 Å². The maximum absolute atomic E-state index is 4.36. The van der Waals surface area contributed by atoms with Crippen molar-refractivity contribution >= 4 is 0 Å². The van der Waals surface area contributed by atoms with Crippen molar-refractivity contribution in [2.75, 3.05) is 0 Å². The zero-order chi connectivity index (χ0) is 9.68. The van der Waals surface area contributed by atoms with Gasteiger partial charge in [0, 0.05) is 11.9 Å². The average molecular weight is 177 g/mol. The van der Waals surface area contributed by atoms with Gasteiger partial charge in [-0.1, -0.05) is 33.3 Å². The lowest BCUT2D eigenvalue weighted by molar-refractivity contribution is 0.512. The van der Waals surface area contributed by atoms with Gasteiger partial charge in [0.25, 0.3) is 0 Å². The van der Waals surface area contributed by atoms with E-state index in [9.17, 15) is 0 Å². The highest BCUT2D eigenvalue weighted by molar-refractivity contribution is 5.08. The van der Waals surface area contributed by atoms with Crippen LogP contribution in [0.2, 0.25) is 0 Å². The molecule has 0 aromatic carbocycles. The molecule has 1 heterocycles. The third-order valence-electron chi connectivity index (χ3n) is 2.37. The van der Waals surface area contributed by atoms with Crippen LogP contribution in [0.5, 0.6) is 0 Å². The van der Waals surface area contributed by atoms with Gasteiger partial charge in [0.15, 0.2) is 0 Å². The SMILES string of the molecule is CC(C)CCC(C)c1ccccn1. The van der Waals surface area contributed by atoms with E-state index in [2.05, 4.69) is 37.9 Å². The molecule has 0 spiro atoms. The minimum absolute atomic E-state index is 0.601. The zero-order valence-corrected chi connectivity index (χ0v) is 8.83. The second kappa shape index (κ2) is 5.00. The van der Waals surface area contributed by atoms with Gasteiger partial charge in [-0.25, -0.2) is 0 Å². The summed E-state index contributed by atoms with van der Waals surface area (Å²) in [6.45, 7) is 6.79. The average Bonchev–Trinajstić information content (AvgIpc) is 2.15. The van der Waals surface area contributed by atoms with Gasteiger partial charge in [-0.2, -0.15) is 0 Å². The van der Waals surface area contributed by atoms with Crippen LogP contribution < -0.4 is 0 Å². The van der Waals surface area contributed by atoms with Gasteiger partial charge in [-0.3, -0.25) is 4.98 Å². The second-order valence-corrected chi connectivity index (χ2v) is 4.13. The van der Waals surface area contributed by atoms with E-state index < -0.39 is 0 Å². The summed E-state index contributed by atoms with van der Waals surface area (Å²) in [7, 11) is 0. The molecule has 1 nitrogen and oxygen atoms in total. The summed E-state index contributed by atoms with van der Waals surface area (Å²) in [6, 6.07) is 6.15. The van der Waals surface area contributed by atoms with Crippen LogP contribution in [0.1, 0.15) is 45.2 Å². The summed E-state index contributed by atoms with van der Waals surface area (Å²) < 4.78 is 0. The summed E-state index contributed by atoms with van der Waals surface area (Å²) in [5.41, 5.74) is 1.23. The molecule has 0 radical (unpaired) electrons. The fourth-order valence-electron chi connectivity index (χ4n) is 1.40. The summed E-state index contributed by atoms with van der Waals surface area (Å²) in [5.74, 6) is 1.40. The van der Waals surface area contributed by atoms with Crippen LogP contribution in [0.25, 0.3) is 0 Å². The normalized spacial score (nSPS) is 13.2. The van der Waals surface area contributed by atoms with Crippen molar-refractivity contribution in [3.05, 3.63) is 30.1 Å². The first-order valence-corrected chi connectivity index (χ1v) is 5.11. The van der Waals surface area contributed by atoms with Crippen molar-refractivity contribution in [1.29, 1.82) is 0 Å². The minimum atomic E-state index is 0.601. The molecule has 0 fully saturated rings. The maximum Gasteiger partial charge on any atom is 0.0431 e. The Labute approximate surface area is 81.2 Å². The zero-order valence-electron chi connectivity index (χ0n) is 8.83. The number of aromatic nitrogens is 1. The molecule has 0 bridgehead atoms. The first-order valence-electron chi connectivity index (χ1n) is 5.11. The molecule has 1 atom stereocenters. The Morgan fingerprint density at radius 2 is 1.92 bits per heavy atom. The van der Waals surface area contributed by atoms with E-state index in [1.165, 1.54) is 18.5 Å². The fraction of sp³-hybridized carbons (Fsp3) is 0.583. The predicted molar refractivity (Wildman–Crippen MR) is 56.7 cm³/mol. The number of pyridine rings is 1. The molecule has 1 heteroatoms. The van der Waals surface area contributed by atoms with Crippen molar-refractivity contribution < 1.29 is 0 Å². The first-order chi connectivity index (χ1) is 6.20. The molecule has 0 saturated carbocycles. The second-order valence-electron chi connectivity index (χ2n) is 4.13. The molecule has 13 heavy (non-hydrogen) atoms. The van der Waals surface area contributed by atoms with Gasteiger partial charge in [0.1, 0.15) is 0 Å². The Hall–Kier alpha value is -0.850. The Kier molecular flexibility index (Phi) is 3.94. The molecule has 0 aliphatic carbocycles. The highest BCUT2D eigenvalue weighted by Crippen LogP contribution is 2.20. The topological polar surface area (TPSA) is 12.9 Å². The number of rotatable bonds is 4. The molecular weight excluding hydrogens is 158 g/mol. The van der Waals surface area contributed by atoms with E-state index in [0.29, 0.717) is 5.92 Å². The van der Waals surface area contributed by atoms with Crippen LogP contribution in [-0.2, 0) is 0 Å². The van der Waals surface area contributed by atoms with Crippen molar-refractivity contribution in [3.63, 3.8) is 0 Å². The van der Waals surface area contributed by atoms with Gasteiger partial charge in [-0.15, -0.1) is 0 Å². The third kappa shape index (κ3) is 3.58. The lowest BCUT2D eigenvalue weighted by Gasteiger charge is -2.11. The van der Waals surface area contributed by atoms with Crippen LogP contribution in [0.15, 0.2) is 24.4 Å². The molecule has 0 saturated heterocycles. The van der Waals surface area contributed by atoms with Gasteiger partial charge in [0.2, 0.25) is 0 Å². The van der Waals surface area contributed by atoms with E-state index in [1.807, 2.05) is 12.3 Å². The van der Waals surface area contributed by atoms with E-state index in [-0.39, 0.29) is 0 Å². The van der Waals surface area contributed by atoms with Gasteiger partial charge in [-0.05, 0) is 30.4 Å². The Morgan fingerprint density at radius 1 is 1.15 bits per heavy atom. The fourth-order valence-corrected chi connectivity index (χ4v) is 1.40. The van der Waals surface area contributed by atoms with Crippen molar-refractivity contribution in [2.24, 2.45) is 5.92 Å². The highest BCUT2D eigenvalue weighted by atomic mass is 14.7. The minimum Gasteiger partial charge on any atom is -0.261 e. The third-order valence-corrected chi connectivity index (χ3v) is 2.37. The molecule has 0 aliphatic heterocycles. The van der Waals surface area contributed by atoms with E-state index in [0.717, 1.165) is 5.92 Å². The molecule has 72 valence electrons. The molecule has 1 aromatic heterocycles. The molecular formula is C12H19N. The first kappa shape index (κ1) is 10.2. The van der Waals surface area contributed by atoms with Gasteiger partial charge in [0.05, 0.1) is 0 Å². The predicted octanol–water partition coefficient (Wildman–Crippen LogP) is 3.62. The molecule has 0 amide bonds. The molecule has 1 unspecified atom stereocenters. The monoisotopic (exact) mass is 177 g/mol. The standard InChI is InChI=1S/C12H19N/c1-10(2)7-8-11(3)12-6-4-5-9-13-12/h4-6,9-11H,7-8H2,1-3H3. The maximum atomic E-state index is 4.36. The van der Waals surface area contributed by atoms with Crippen molar-refractivity contribution in [1.82, 2.24) is 4.98 Å². The Bertz CT molecular complexity index is 228. The molecule has 0 aliphatic rings. The molecule has 0 N–H and O–H groups in total. The number of hydrogen-bond acceptors (Lipinski definition) is 1.